The number of carbonyl (C=O) groups excluding carboxylic acids is 3. The summed E-state index contributed by atoms with van der Waals surface area (Å²) in [5.41, 5.74) is 11.2. The standard InChI is InChI=1S/C13H16N6O3S/c1-2-16-13(22)18-7-4-3-6(5-17-7)12-19-8(10(14)20)9(23-12)11(15)21/h3-5,12,19H,2H2,1H3,(H2,14,20)(H2,15,21)(H2,16,17,18,22). The zero-order chi connectivity index (χ0) is 17.0. The molecule has 1 aliphatic heterocycles. The van der Waals surface area contributed by atoms with Crippen LogP contribution >= 0.6 is 11.8 Å². The van der Waals surface area contributed by atoms with Crippen LogP contribution in [0.1, 0.15) is 17.9 Å². The van der Waals surface area contributed by atoms with E-state index in [-0.39, 0.29) is 16.6 Å². The highest BCUT2D eigenvalue weighted by atomic mass is 32.2. The number of nitrogens with zero attached hydrogens (tertiary/aromatic N) is 1. The summed E-state index contributed by atoms with van der Waals surface area (Å²) in [7, 11) is 0. The minimum absolute atomic E-state index is 0.00275. The number of nitrogens with two attached hydrogens (primary N) is 2. The zero-order valence-electron chi connectivity index (χ0n) is 12.3. The highest BCUT2D eigenvalue weighted by Crippen LogP contribution is 2.39. The number of amides is 4. The van der Waals surface area contributed by atoms with Gasteiger partial charge in [0.15, 0.2) is 0 Å². The molecule has 1 aromatic heterocycles. The third-order valence-corrected chi connectivity index (χ3v) is 4.14. The summed E-state index contributed by atoms with van der Waals surface area (Å²) in [4.78, 5) is 38.3. The van der Waals surface area contributed by atoms with Gasteiger partial charge in [0.25, 0.3) is 11.8 Å². The largest absolute Gasteiger partial charge is 0.365 e. The van der Waals surface area contributed by atoms with Crippen LogP contribution in [-0.4, -0.2) is 29.4 Å². The molecule has 1 atom stereocenters. The van der Waals surface area contributed by atoms with Gasteiger partial charge in [0.2, 0.25) is 0 Å². The van der Waals surface area contributed by atoms with Crippen LogP contribution in [0, 0.1) is 0 Å². The number of urea groups is 1. The highest BCUT2D eigenvalue weighted by Gasteiger charge is 2.31. The van der Waals surface area contributed by atoms with Gasteiger partial charge in [-0.15, -0.1) is 0 Å². The Labute approximate surface area is 136 Å². The fourth-order valence-electron chi connectivity index (χ4n) is 1.87. The molecule has 0 aliphatic carbocycles. The molecular formula is C13H16N6O3S. The van der Waals surface area contributed by atoms with Crippen LogP contribution in [0.3, 0.4) is 0 Å². The van der Waals surface area contributed by atoms with E-state index in [1.165, 1.54) is 6.20 Å². The Morgan fingerprint density at radius 2 is 2.04 bits per heavy atom. The molecule has 1 aliphatic rings. The molecule has 0 saturated carbocycles. The van der Waals surface area contributed by atoms with Gasteiger partial charge in [0.05, 0.1) is 0 Å². The van der Waals surface area contributed by atoms with Gasteiger partial charge in [0, 0.05) is 18.3 Å². The maximum Gasteiger partial charge on any atom is 0.320 e. The lowest BCUT2D eigenvalue weighted by Gasteiger charge is -2.12. The molecule has 0 radical (unpaired) electrons. The molecule has 0 spiro atoms. The average Bonchev–Trinajstić information content (AvgIpc) is 2.94. The lowest BCUT2D eigenvalue weighted by molar-refractivity contribution is -0.116. The Bertz CT molecular complexity index is 647. The van der Waals surface area contributed by atoms with Crippen LogP contribution in [0.15, 0.2) is 28.9 Å². The fraction of sp³-hybridized carbons (Fsp3) is 0.231. The monoisotopic (exact) mass is 336 g/mol. The second-order valence-corrected chi connectivity index (χ2v) is 5.65. The zero-order valence-corrected chi connectivity index (χ0v) is 13.1. The van der Waals surface area contributed by atoms with Gasteiger partial charge in [-0.2, -0.15) is 0 Å². The summed E-state index contributed by atoms with van der Waals surface area (Å²) in [5, 5.41) is 7.59. The molecule has 0 fully saturated rings. The van der Waals surface area contributed by atoms with E-state index in [1.54, 1.807) is 19.1 Å². The summed E-state index contributed by atoms with van der Waals surface area (Å²) in [5.74, 6) is -1.10. The molecule has 9 nitrogen and oxygen atoms in total. The highest BCUT2D eigenvalue weighted by molar-refractivity contribution is 8.04. The van der Waals surface area contributed by atoms with Crippen molar-refractivity contribution in [2.75, 3.05) is 11.9 Å². The number of thioether (sulfide) groups is 1. The number of hydrogen-bond donors (Lipinski definition) is 5. The van der Waals surface area contributed by atoms with E-state index in [1.807, 2.05) is 0 Å². The van der Waals surface area contributed by atoms with Gasteiger partial charge in [-0.1, -0.05) is 17.8 Å². The summed E-state index contributed by atoms with van der Waals surface area (Å²) in [6, 6.07) is 2.97. The lowest BCUT2D eigenvalue weighted by atomic mass is 10.2. The van der Waals surface area contributed by atoms with Crippen LogP contribution in [0.2, 0.25) is 0 Å². The van der Waals surface area contributed by atoms with Crippen molar-refractivity contribution < 1.29 is 14.4 Å². The number of aromatic nitrogens is 1. The Balaban J connectivity index is 2.08. The third-order valence-electron chi connectivity index (χ3n) is 2.88. The molecule has 0 saturated heterocycles. The van der Waals surface area contributed by atoms with Gasteiger partial charge in [-0.25, -0.2) is 9.78 Å². The summed E-state index contributed by atoms with van der Waals surface area (Å²) in [6.45, 7) is 2.31. The number of pyridine rings is 1. The first-order valence-electron chi connectivity index (χ1n) is 6.70. The summed E-state index contributed by atoms with van der Waals surface area (Å²) in [6.07, 6.45) is 1.52. The number of nitrogens with one attached hydrogen (secondary N) is 3. The first-order valence-corrected chi connectivity index (χ1v) is 7.58. The molecular weight excluding hydrogens is 320 g/mol. The van der Waals surface area contributed by atoms with Gasteiger partial charge < -0.3 is 22.1 Å². The second-order valence-electron chi connectivity index (χ2n) is 4.54. The van der Waals surface area contributed by atoms with Gasteiger partial charge in [-0.3, -0.25) is 14.9 Å². The van der Waals surface area contributed by atoms with Crippen LogP contribution in [0.5, 0.6) is 0 Å². The first-order chi connectivity index (χ1) is 10.9. The topological polar surface area (TPSA) is 152 Å². The van der Waals surface area contributed by atoms with Crippen molar-refractivity contribution in [1.29, 1.82) is 0 Å². The van der Waals surface area contributed by atoms with Crippen molar-refractivity contribution in [2.24, 2.45) is 11.5 Å². The number of anilines is 1. The van der Waals surface area contributed by atoms with Gasteiger partial charge in [0.1, 0.15) is 21.8 Å². The molecule has 2 rings (SSSR count). The molecule has 0 aromatic carbocycles. The van der Waals surface area contributed by atoms with Crippen LogP contribution in [0.4, 0.5) is 10.6 Å². The van der Waals surface area contributed by atoms with Crippen molar-refractivity contribution in [1.82, 2.24) is 15.6 Å². The predicted octanol–water partition coefficient (Wildman–Crippen LogP) is -0.260. The molecule has 4 amide bonds. The predicted molar refractivity (Wildman–Crippen MR) is 85.8 cm³/mol. The summed E-state index contributed by atoms with van der Waals surface area (Å²) >= 11 is 1.09. The second kappa shape index (κ2) is 7.01. The Hall–Kier alpha value is -2.75. The van der Waals surface area contributed by atoms with E-state index in [0.29, 0.717) is 17.9 Å². The third kappa shape index (κ3) is 3.92. The molecule has 2 heterocycles. The van der Waals surface area contributed by atoms with Crippen molar-refractivity contribution in [2.45, 2.75) is 12.3 Å². The smallest absolute Gasteiger partial charge is 0.320 e. The van der Waals surface area contributed by atoms with Crippen molar-refractivity contribution in [3.05, 3.63) is 34.5 Å². The van der Waals surface area contributed by atoms with Gasteiger partial charge in [-0.05, 0) is 13.0 Å². The summed E-state index contributed by atoms with van der Waals surface area (Å²) < 4.78 is 0. The number of rotatable bonds is 5. The maximum absolute atomic E-state index is 11.4. The van der Waals surface area contributed by atoms with Crippen LogP contribution in [0.25, 0.3) is 0 Å². The van der Waals surface area contributed by atoms with Crippen molar-refractivity contribution in [3.8, 4) is 0 Å². The van der Waals surface area contributed by atoms with E-state index < -0.39 is 17.2 Å². The van der Waals surface area contributed by atoms with Crippen molar-refractivity contribution >= 4 is 35.4 Å². The van der Waals surface area contributed by atoms with E-state index >= 15 is 0 Å². The lowest BCUT2D eigenvalue weighted by Crippen LogP contribution is -2.28. The van der Waals surface area contributed by atoms with E-state index in [2.05, 4.69) is 20.9 Å². The number of primary amides is 2. The van der Waals surface area contributed by atoms with Crippen LogP contribution < -0.4 is 27.4 Å². The van der Waals surface area contributed by atoms with Gasteiger partial charge >= 0.3 is 6.03 Å². The Morgan fingerprint density at radius 3 is 2.52 bits per heavy atom. The number of hydrogen-bond acceptors (Lipinski definition) is 6. The molecule has 122 valence electrons. The maximum atomic E-state index is 11.4. The molecule has 0 bridgehead atoms. The van der Waals surface area contributed by atoms with Crippen molar-refractivity contribution in [3.63, 3.8) is 0 Å². The SMILES string of the molecule is CCNC(=O)Nc1ccc(C2NC(C(N)=O)=C(C(N)=O)S2)cn1. The van der Waals surface area contributed by atoms with E-state index in [9.17, 15) is 14.4 Å². The minimum Gasteiger partial charge on any atom is -0.365 e. The number of carbonyl (C=O) groups is 3. The minimum atomic E-state index is -0.753. The molecule has 10 heteroatoms. The first kappa shape index (κ1) is 16.6. The van der Waals surface area contributed by atoms with E-state index in [4.69, 9.17) is 11.5 Å². The molecule has 1 unspecified atom stereocenters. The molecule has 7 N–H and O–H groups in total. The van der Waals surface area contributed by atoms with E-state index in [0.717, 1.165) is 11.8 Å². The quantitative estimate of drug-likeness (QED) is 0.499. The molecule has 1 aromatic rings. The Kier molecular flexibility index (Phi) is 5.06. The van der Waals surface area contributed by atoms with Crippen LogP contribution in [-0.2, 0) is 9.59 Å². The fourth-order valence-corrected chi connectivity index (χ4v) is 2.96. The Morgan fingerprint density at radius 1 is 1.30 bits per heavy atom. The molecule has 23 heavy (non-hydrogen) atoms. The average molecular weight is 336 g/mol. The normalized spacial score (nSPS) is 16.7.